The number of rotatable bonds is 1. The van der Waals surface area contributed by atoms with Gasteiger partial charge in [0, 0.05) is 12.7 Å². The van der Waals surface area contributed by atoms with Crippen LogP contribution in [0.4, 0.5) is 11.5 Å². The van der Waals surface area contributed by atoms with Crippen molar-refractivity contribution in [3.63, 3.8) is 0 Å². The fourth-order valence-corrected chi connectivity index (χ4v) is 1.52. The molecule has 1 aromatic heterocycles. The summed E-state index contributed by atoms with van der Waals surface area (Å²) in [5, 5.41) is 6.02. The van der Waals surface area contributed by atoms with Crippen LogP contribution in [-0.4, -0.2) is 17.4 Å². The summed E-state index contributed by atoms with van der Waals surface area (Å²) in [6, 6.07) is 3.67. The van der Waals surface area contributed by atoms with Crippen molar-refractivity contribution in [1.82, 2.24) is 4.98 Å². The predicted molar refractivity (Wildman–Crippen MR) is 55.1 cm³/mol. The third-order valence-electron chi connectivity index (χ3n) is 2.45. The minimum atomic E-state index is 0.0317. The van der Waals surface area contributed by atoms with E-state index >= 15 is 0 Å². The maximum absolute atomic E-state index is 11.6. The zero-order valence-corrected chi connectivity index (χ0v) is 8.08. The summed E-state index contributed by atoms with van der Waals surface area (Å²) in [6.07, 6.45) is 2.55. The van der Waals surface area contributed by atoms with Crippen LogP contribution in [0.25, 0.3) is 0 Å². The summed E-state index contributed by atoms with van der Waals surface area (Å²) in [5.41, 5.74) is 0.772. The van der Waals surface area contributed by atoms with Gasteiger partial charge in [-0.1, -0.05) is 6.92 Å². The summed E-state index contributed by atoms with van der Waals surface area (Å²) in [5.74, 6) is 0.868. The van der Waals surface area contributed by atoms with Gasteiger partial charge in [0.15, 0.2) is 0 Å². The number of nitrogens with zero attached hydrogens (tertiary/aromatic N) is 1. The molecule has 14 heavy (non-hydrogen) atoms. The van der Waals surface area contributed by atoms with Gasteiger partial charge < -0.3 is 10.6 Å². The van der Waals surface area contributed by atoms with Gasteiger partial charge in [-0.2, -0.15) is 0 Å². The molecule has 1 atom stereocenters. The molecule has 2 N–H and O–H groups in total. The Hall–Kier alpha value is -1.58. The van der Waals surface area contributed by atoms with E-state index in [9.17, 15) is 4.79 Å². The highest BCUT2D eigenvalue weighted by Gasteiger charge is 2.21. The van der Waals surface area contributed by atoms with E-state index in [-0.39, 0.29) is 11.8 Å². The van der Waals surface area contributed by atoms with Gasteiger partial charge in [-0.25, -0.2) is 4.98 Å². The quantitative estimate of drug-likeness (QED) is 0.706. The Morgan fingerprint density at radius 3 is 3.29 bits per heavy atom. The van der Waals surface area contributed by atoms with Gasteiger partial charge >= 0.3 is 0 Å². The number of carbonyl (C=O) groups is 1. The molecule has 1 amide bonds. The number of pyridine rings is 1. The average molecular weight is 191 g/mol. The lowest BCUT2D eigenvalue weighted by molar-refractivity contribution is -0.119. The number of fused-ring (bicyclic) bond motifs is 1. The number of aromatic nitrogens is 1. The third kappa shape index (κ3) is 1.55. The molecule has 1 aliphatic heterocycles. The van der Waals surface area contributed by atoms with E-state index in [1.54, 1.807) is 6.20 Å². The van der Waals surface area contributed by atoms with Gasteiger partial charge in [-0.15, -0.1) is 0 Å². The minimum absolute atomic E-state index is 0.0317. The molecule has 1 aromatic rings. The van der Waals surface area contributed by atoms with Crippen LogP contribution < -0.4 is 10.6 Å². The van der Waals surface area contributed by atoms with Crippen LogP contribution in [0.2, 0.25) is 0 Å². The van der Waals surface area contributed by atoms with E-state index < -0.39 is 0 Å². The average Bonchev–Trinajstić information content (AvgIpc) is 2.36. The molecule has 0 fully saturated rings. The standard InChI is InChI=1S/C10H13N3O/c1-2-7-6-12-9-8(13-10(7)14)4-3-5-11-9/h3-5,7H,2,6H2,1H3,(H,11,12)(H,13,14). The van der Waals surface area contributed by atoms with Crippen molar-refractivity contribution in [2.24, 2.45) is 5.92 Å². The van der Waals surface area contributed by atoms with Crippen molar-refractivity contribution in [3.8, 4) is 0 Å². The molecule has 4 nitrogen and oxygen atoms in total. The number of hydrogen-bond acceptors (Lipinski definition) is 3. The molecular weight excluding hydrogens is 178 g/mol. The smallest absolute Gasteiger partial charge is 0.229 e. The molecule has 1 unspecified atom stereocenters. The van der Waals surface area contributed by atoms with Crippen molar-refractivity contribution in [3.05, 3.63) is 18.3 Å². The fourth-order valence-electron chi connectivity index (χ4n) is 1.52. The largest absolute Gasteiger partial charge is 0.368 e. The monoisotopic (exact) mass is 191 g/mol. The fraction of sp³-hybridized carbons (Fsp3) is 0.400. The lowest BCUT2D eigenvalue weighted by Gasteiger charge is -2.08. The van der Waals surface area contributed by atoms with E-state index in [2.05, 4.69) is 15.6 Å². The second-order valence-electron chi connectivity index (χ2n) is 3.37. The Bertz CT molecular complexity index is 351. The van der Waals surface area contributed by atoms with Crippen LogP contribution >= 0.6 is 0 Å². The van der Waals surface area contributed by atoms with Crippen molar-refractivity contribution < 1.29 is 4.79 Å². The normalized spacial score (nSPS) is 20.4. The second-order valence-corrected chi connectivity index (χ2v) is 3.37. The van der Waals surface area contributed by atoms with Gasteiger partial charge in [-0.3, -0.25) is 4.79 Å². The molecule has 0 spiro atoms. The second kappa shape index (κ2) is 3.65. The third-order valence-corrected chi connectivity index (χ3v) is 2.45. The van der Waals surface area contributed by atoms with Crippen LogP contribution in [0.5, 0.6) is 0 Å². The molecule has 0 saturated carbocycles. The first-order valence-corrected chi connectivity index (χ1v) is 4.81. The summed E-state index contributed by atoms with van der Waals surface area (Å²) in [6.45, 7) is 2.67. The van der Waals surface area contributed by atoms with Crippen LogP contribution in [0, 0.1) is 5.92 Å². The highest BCUT2D eigenvalue weighted by Crippen LogP contribution is 2.22. The first-order valence-electron chi connectivity index (χ1n) is 4.81. The zero-order chi connectivity index (χ0) is 9.97. The molecule has 74 valence electrons. The van der Waals surface area contributed by atoms with Crippen molar-refractivity contribution in [2.75, 3.05) is 17.2 Å². The number of nitrogens with one attached hydrogen (secondary N) is 2. The molecule has 1 aliphatic rings. The molecule has 0 aliphatic carbocycles. The van der Waals surface area contributed by atoms with E-state index in [0.717, 1.165) is 17.9 Å². The van der Waals surface area contributed by atoms with Gasteiger partial charge in [0.2, 0.25) is 5.91 Å². The summed E-state index contributed by atoms with van der Waals surface area (Å²) in [7, 11) is 0. The van der Waals surface area contributed by atoms with E-state index in [1.165, 1.54) is 0 Å². The van der Waals surface area contributed by atoms with Crippen molar-refractivity contribution in [1.29, 1.82) is 0 Å². The Morgan fingerprint density at radius 1 is 1.64 bits per heavy atom. The Morgan fingerprint density at radius 2 is 2.50 bits per heavy atom. The number of hydrogen-bond donors (Lipinski definition) is 2. The maximum Gasteiger partial charge on any atom is 0.229 e. The minimum Gasteiger partial charge on any atom is -0.368 e. The highest BCUT2D eigenvalue weighted by molar-refractivity contribution is 5.96. The van der Waals surface area contributed by atoms with E-state index in [4.69, 9.17) is 0 Å². The Labute approximate surface area is 82.7 Å². The van der Waals surface area contributed by atoms with E-state index in [1.807, 2.05) is 19.1 Å². The van der Waals surface area contributed by atoms with Crippen LogP contribution in [-0.2, 0) is 4.79 Å². The molecule has 2 rings (SSSR count). The van der Waals surface area contributed by atoms with Gasteiger partial charge in [0.25, 0.3) is 0 Å². The van der Waals surface area contributed by atoms with Crippen molar-refractivity contribution in [2.45, 2.75) is 13.3 Å². The first kappa shape index (κ1) is 8.99. The van der Waals surface area contributed by atoms with Gasteiger partial charge in [0.05, 0.1) is 11.6 Å². The topological polar surface area (TPSA) is 54.0 Å². The van der Waals surface area contributed by atoms with Crippen LogP contribution in [0.3, 0.4) is 0 Å². The van der Waals surface area contributed by atoms with Crippen LogP contribution in [0.15, 0.2) is 18.3 Å². The van der Waals surface area contributed by atoms with Gasteiger partial charge in [0.1, 0.15) is 5.82 Å². The SMILES string of the molecule is CCC1CNc2ncccc2NC1=O. The Balaban J connectivity index is 2.28. The summed E-state index contributed by atoms with van der Waals surface area (Å²) in [4.78, 5) is 15.8. The number of amides is 1. The Kier molecular flexibility index (Phi) is 2.35. The summed E-state index contributed by atoms with van der Waals surface area (Å²) < 4.78 is 0. The molecule has 4 heteroatoms. The highest BCUT2D eigenvalue weighted by atomic mass is 16.1. The number of carbonyl (C=O) groups excluding carboxylic acids is 1. The molecule has 0 radical (unpaired) electrons. The first-order chi connectivity index (χ1) is 6.81. The molecule has 0 bridgehead atoms. The van der Waals surface area contributed by atoms with Crippen molar-refractivity contribution >= 4 is 17.4 Å². The molecule has 0 aromatic carbocycles. The summed E-state index contributed by atoms with van der Waals surface area (Å²) >= 11 is 0. The lowest BCUT2D eigenvalue weighted by Crippen LogP contribution is -2.24. The van der Waals surface area contributed by atoms with E-state index in [0.29, 0.717) is 6.54 Å². The maximum atomic E-state index is 11.6. The molecular formula is C10H13N3O. The number of anilines is 2. The van der Waals surface area contributed by atoms with Gasteiger partial charge in [-0.05, 0) is 18.6 Å². The molecule has 2 heterocycles. The lowest BCUT2D eigenvalue weighted by atomic mass is 10.1. The molecule has 0 saturated heterocycles. The zero-order valence-electron chi connectivity index (χ0n) is 8.08. The van der Waals surface area contributed by atoms with Crippen LogP contribution in [0.1, 0.15) is 13.3 Å². The predicted octanol–water partition coefficient (Wildman–Crippen LogP) is 1.47.